The zero-order valence-electron chi connectivity index (χ0n) is 16.8. The van der Waals surface area contributed by atoms with Crippen LogP contribution in [0.25, 0.3) is 16.7 Å². The molecule has 0 aliphatic carbocycles. The van der Waals surface area contributed by atoms with Crippen LogP contribution >= 0.6 is 0 Å². The number of carbonyl (C=O) groups is 1. The van der Waals surface area contributed by atoms with Crippen molar-refractivity contribution in [1.82, 2.24) is 9.78 Å². The van der Waals surface area contributed by atoms with Crippen LogP contribution in [0.3, 0.4) is 0 Å². The Hall–Kier alpha value is -3.94. The van der Waals surface area contributed by atoms with E-state index in [1.807, 2.05) is 32.9 Å². The lowest BCUT2D eigenvalue weighted by atomic mass is 10.0. The number of aryl methyl sites for hydroxylation is 3. The summed E-state index contributed by atoms with van der Waals surface area (Å²) in [6.07, 6.45) is 1.77. The Morgan fingerprint density at radius 2 is 1.83 bits per heavy atom. The van der Waals surface area contributed by atoms with Crippen LogP contribution in [0.2, 0.25) is 0 Å². The summed E-state index contributed by atoms with van der Waals surface area (Å²) >= 11 is 0. The lowest BCUT2D eigenvalue weighted by molar-refractivity contribution is -0.384. The van der Waals surface area contributed by atoms with Gasteiger partial charge in [0.05, 0.1) is 29.0 Å². The minimum absolute atomic E-state index is 0.00872. The first-order valence-electron chi connectivity index (χ1n) is 9.40. The van der Waals surface area contributed by atoms with E-state index in [0.717, 1.165) is 27.7 Å². The molecule has 0 spiro atoms. The van der Waals surface area contributed by atoms with Gasteiger partial charge in [0.25, 0.3) is 5.69 Å². The highest BCUT2D eigenvalue weighted by Crippen LogP contribution is 2.26. The normalized spacial score (nSPS) is 11.0. The van der Waals surface area contributed by atoms with Gasteiger partial charge < -0.3 is 9.73 Å². The summed E-state index contributed by atoms with van der Waals surface area (Å²) in [4.78, 5) is 23.1. The van der Waals surface area contributed by atoms with Crippen molar-refractivity contribution in [1.29, 1.82) is 0 Å². The van der Waals surface area contributed by atoms with Crippen LogP contribution in [0, 0.1) is 30.9 Å². The van der Waals surface area contributed by atoms with Gasteiger partial charge in [-0.2, -0.15) is 5.10 Å². The third-order valence-electron chi connectivity index (χ3n) is 5.03. The number of nitrogens with zero attached hydrogens (tertiary/aromatic N) is 3. The second-order valence-electron chi connectivity index (χ2n) is 7.27. The van der Waals surface area contributed by atoms with Crippen molar-refractivity contribution in [2.24, 2.45) is 0 Å². The Kier molecular flexibility index (Phi) is 4.83. The Balaban J connectivity index is 1.57. The molecule has 1 N–H and O–H groups in total. The van der Waals surface area contributed by atoms with Crippen molar-refractivity contribution in [2.45, 2.75) is 27.2 Å². The molecule has 8 nitrogen and oxygen atoms in total. The van der Waals surface area contributed by atoms with Gasteiger partial charge in [-0.3, -0.25) is 14.9 Å². The van der Waals surface area contributed by atoms with E-state index in [2.05, 4.69) is 10.4 Å². The highest BCUT2D eigenvalue weighted by molar-refractivity contribution is 5.95. The molecule has 0 saturated carbocycles. The second-order valence-corrected chi connectivity index (χ2v) is 7.27. The molecule has 0 fully saturated rings. The van der Waals surface area contributed by atoms with Gasteiger partial charge in [-0.1, -0.05) is 0 Å². The molecule has 2 aromatic heterocycles. The van der Waals surface area contributed by atoms with Gasteiger partial charge in [-0.05, 0) is 56.2 Å². The predicted octanol–water partition coefficient (Wildman–Crippen LogP) is 4.63. The number of benzene rings is 2. The number of anilines is 1. The van der Waals surface area contributed by atoms with Crippen molar-refractivity contribution in [2.75, 3.05) is 5.32 Å². The average molecular weight is 404 g/mol. The fourth-order valence-electron chi connectivity index (χ4n) is 3.33. The quantitative estimate of drug-likeness (QED) is 0.386. The fraction of sp³-hybridized carbons (Fsp3) is 0.182. The molecule has 0 bridgehead atoms. The highest BCUT2D eigenvalue weighted by Gasteiger charge is 2.15. The van der Waals surface area contributed by atoms with Gasteiger partial charge in [0, 0.05) is 29.1 Å². The minimum Gasteiger partial charge on any atom is -0.464 e. The maximum atomic E-state index is 12.7. The molecule has 0 aliphatic heterocycles. The summed E-state index contributed by atoms with van der Waals surface area (Å²) < 4.78 is 7.16. The van der Waals surface area contributed by atoms with Crippen molar-refractivity contribution in [3.05, 3.63) is 81.2 Å². The summed E-state index contributed by atoms with van der Waals surface area (Å²) in [5.41, 5.74) is 5.15. The molecule has 0 saturated heterocycles. The number of nitro groups is 1. The van der Waals surface area contributed by atoms with E-state index in [1.54, 1.807) is 29.1 Å². The fourth-order valence-corrected chi connectivity index (χ4v) is 3.33. The first-order chi connectivity index (χ1) is 14.3. The smallest absolute Gasteiger partial charge is 0.269 e. The first-order valence-corrected chi connectivity index (χ1v) is 9.40. The van der Waals surface area contributed by atoms with Gasteiger partial charge in [-0.15, -0.1) is 0 Å². The number of non-ortho nitro benzene ring substituents is 1. The maximum absolute atomic E-state index is 12.7. The molecule has 0 atom stereocenters. The number of aromatic nitrogens is 2. The van der Waals surface area contributed by atoms with Crippen molar-refractivity contribution in [3.63, 3.8) is 0 Å². The Bertz CT molecular complexity index is 1270. The van der Waals surface area contributed by atoms with Crippen molar-refractivity contribution < 1.29 is 14.1 Å². The van der Waals surface area contributed by atoms with E-state index >= 15 is 0 Å². The minimum atomic E-state index is -0.459. The van der Waals surface area contributed by atoms with Crippen LogP contribution in [0.1, 0.15) is 22.4 Å². The number of fused-ring (bicyclic) bond motifs is 1. The number of furan rings is 1. The van der Waals surface area contributed by atoms with E-state index in [9.17, 15) is 14.9 Å². The largest absolute Gasteiger partial charge is 0.464 e. The van der Waals surface area contributed by atoms with Gasteiger partial charge in [0.15, 0.2) is 0 Å². The number of nitro benzene ring substituents is 1. The molecular formula is C22H20N4O4. The summed E-state index contributed by atoms with van der Waals surface area (Å²) in [5.74, 6) is 0.283. The van der Waals surface area contributed by atoms with Crippen LogP contribution in [0.5, 0.6) is 0 Å². The second kappa shape index (κ2) is 7.47. The van der Waals surface area contributed by atoms with E-state index in [4.69, 9.17) is 4.42 Å². The predicted molar refractivity (Wildman–Crippen MR) is 113 cm³/mol. The molecule has 30 heavy (non-hydrogen) atoms. The molecule has 0 aliphatic rings. The third kappa shape index (κ3) is 3.67. The molecule has 4 aromatic rings. The summed E-state index contributed by atoms with van der Waals surface area (Å²) in [7, 11) is 0. The summed E-state index contributed by atoms with van der Waals surface area (Å²) in [5, 5.41) is 19.1. The lowest BCUT2D eigenvalue weighted by Gasteiger charge is -2.09. The van der Waals surface area contributed by atoms with Gasteiger partial charge in [0.1, 0.15) is 11.4 Å². The standard InChI is InChI=1S/C22H20N4O4/c1-13-8-19-16(12-30-20(19)9-14(13)2)11-22(27)23-21-10-15(3)24-25(21)17-4-6-18(7-5-17)26(28)29/h4-10,12H,11H2,1-3H3,(H,23,27). The first kappa shape index (κ1) is 19.4. The average Bonchev–Trinajstić information content (AvgIpc) is 3.25. The van der Waals surface area contributed by atoms with Crippen LogP contribution in [-0.4, -0.2) is 20.6 Å². The maximum Gasteiger partial charge on any atom is 0.269 e. The number of rotatable bonds is 5. The molecule has 0 unspecified atom stereocenters. The number of hydrogen-bond acceptors (Lipinski definition) is 5. The number of nitrogens with one attached hydrogen (secondary N) is 1. The van der Waals surface area contributed by atoms with E-state index in [1.165, 1.54) is 12.1 Å². The summed E-state index contributed by atoms with van der Waals surface area (Å²) in [6, 6.07) is 11.7. The monoisotopic (exact) mass is 404 g/mol. The number of carbonyl (C=O) groups excluding carboxylic acids is 1. The summed E-state index contributed by atoms with van der Waals surface area (Å²) in [6.45, 7) is 5.86. The SMILES string of the molecule is Cc1cc(NC(=O)Cc2coc3cc(C)c(C)cc23)n(-c2ccc([N+](=O)[O-])cc2)n1. The molecular weight excluding hydrogens is 384 g/mol. The Morgan fingerprint density at radius 3 is 2.53 bits per heavy atom. The van der Waals surface area contributed by atoms with Gasteiger partial charge in [0.2, 0.25) is 5.91 Å². The van der Waals surface area contributed by atoms with Gasteiger partial charge in [-0.25, -0.2) is 4.68 Å². The van der Waals surface area contributed by atoms with Crippen LogP contribution in [0.15, 0.2) is 53.1 Å². The Morgan fingerprint density at radius 1 is 1.13 bits per heavy atom. The molecule has 2 aromatic carbocycles. The molecule has 8 heteroatoms. The highest BCUT2D eigenvalue weighted by atomic mass is 16.6. The lowest BCUT2D eigenvalue weighted by Crippen LogP contribution is -2.17. The molecule has 1 amide bonds. The topological polar surface area (TPSA) is 103 Å². The third-order valence-corrected chi connectivity index (χ3v) is 5.03. The van der Waals surface area contributed by atoms with E-state index in [-0.39, 0.29) is 18.0 Å². The van der Waals surface area contributed by atoms with Gasteiger partial charge >= 0.3 is 0 Å². The molecule has 0 radical (unpaired) electrons. The van der Waals surface area contributed by atoms with E-state index < -0.39 is 4.92 Å². The molecule has 2 heterocycles. The van der Waals surface area contributed by atoms with Crippen LogP contribution in [-0.2, 0) is 11.2 Å². The zero-order chi connectivity index (χ0) is 21.4. The van der Waals surface area contributed by atoms with Crippen LogP contribution in [0.4, 0.5) is 11.5 Å². The molecule has 4 rings (SSSR count). The number of amides is 1. The van der Waals surface area contributed by atoms with E-state index in [0.29, 0.717) is 17.2 Å². The Labute approximate surface area is 172 Å². The van der Waals surface area contributed by atoms with Crippen molar-refractivity contribution >= 4 is 28.4 Å². The van der Waals surface area contributed by atoms with Crippen molar-refractivity contribution in [3.8, 4) is 5.69 Å². The zero-order valence-corrected chi connectivity index (χ0v) is 16.8. The number of hydrogen-bond donors (Lipinski definition) is 1. The van der Waals surface area contributed by atoms with Crippen LogP contribution < -0.4 is 5.32 Å². The molecule has 152 valence electrons.